The van der Waals surface area contributed by atoms with Crippen LogP contribution >= 0.6 is 0 Å². The van der Waals surface area contributed by atoms with Gasteiger partial charge in [-0.05, 0) is 49.4 Å². The Kier molecular flexibility index (Phi) is 4.64. The zero-order valence-electron chi connectivity index (χ0n) is 18.2. The van der Waals surface area contributed by atoms with Gasteiger partial charge < -0.3 is 10.2 Å². The molecular weight excluding hydrogens is 438 g/mol. The highest BCUT2D eigenvalue weighted by molar-refractivity contribution is 6.06. The van der Waals surface area contributed by atoms with E-state index in [-0.39, 0.29) is 30.5 Å². The third-order valence-corrected chi connectivity index (χ3v) is 6.74. The van der Waals surface area contributed by atoms with Crippen LogP contribution in [-0.2, 0) is 16.1 Å². The van der Waals surface area contributed by atoms with Gasteiger partial charge in [-0.2, -0.15) is 5.10 Å². The van der Waals surface area contributed by atoms with E-state index in [9.17, 15) is 19.2 Å². The second-order valence-electron chi connectivity index (χ2n) is 8.86. The summed E-state index contributed by atoms with van der Waals surface area (Å²) in [7, 11) is 0. The molecule has 3 aliphatic rings. The van der Waals surface area contributed by atoms with Crippen LogP contribution in [0.1, 0.15) is 64.6 Å². The first-order valence-electron chi connectivity index (χ1n) is 11.3. The van der Waals surface area contributed by atoms with E-state index in [1.54, 1.807) is 24.4 Å². The second-order valence-corrected chi connectivity index (χ2v) is 8.86. The fraction of sp³-hybridized carbons (Fsp3) is 0.348. The molecule has 6 rings (SSSR count). The molecular formula is C23H21N7O4. The van der Waals surface area contributed by atoms with Crippen LogP contribution in [0.5, 0.6) is 0 Å². The van der Waals surface area contributed by atoms with Crippen molar-refractivity contribution in [3.05, 3.63) is 47.4 Å². The lowest BCUT2D eigenvalue weighted by molar-refractivity contribution is -0.136. The molecule has 2 N–H and O–H groups in total. The van der Waals surface area contributed by atoms with Gasteiger partial charge >= 0.3 is 0 Å². The first kappa shape index (κ1) is 20.5. The summed E-state index contributed by atoms with van der Waals surface area (Å²) in [6.07, 6.45) is 6.81. The number of amides is 4. The Balaban J connectivity index is 1.20. The Labute approximate surface area is 193 Å². The Morgan fingerprint density at radius 2 is 1.97 bits per heavy atom. The van der Waals surface area contributed by atoms with Crippen LogP contribution in [0.15, 0.2) is 30.6 Å². The lowest BCUT2D eigenvalue weighted by atomic mass is 9.93. The minimum atomic E-state index is -0.682. The van der Waals surface area contributed by atoms with Gasteiger partial charge in [-0.1, -0.05) is 0 Å². The van der Waals surface area contributed by atoms with Gasteiger partial charge in [0.2, 0.25) is 11.8 Å². The molecule has 1 atom stereocenters. The van der Waals surface area contributed by atoms with Gasteiger partial charge in [0.25, 0.3) is 11.8 Å². The Hall–Kier alpha value is -4.15. The topological polar surface area (TPSA) is 139 Å². The molecule has 2 aromatic heterocycles. The number of nitrogens with one attached hydrogen (secondary N) is 2. The van der Waals surface area contributed by atoms with E-state index in [1.807, 2.05) is 4.68 Å². The number of aromatic nitrogens is 4. The van der Waals surface area contributed by atoms with E-state index >= 15 is 0 Å². The van der Waals surface area contributed by atoms with E-state index in [4.69, 9.17) is 0 Å². The number of piperidine rings is 1. The number of anilines is 1. The van der Waals surface area contributed by atoms with Crippen molar-refractivity contribution in [3.8, 4) is 0 Å². The number of carbonyl (C=O) groups excluding carboxylic acids is 4. The molecule has 1 unspecified atom stereocenters. The molecule has 0 bridgehead atoms. The zero-order valence-corrected chi connectivity index (χ0v) is 18.2. The van der Waals surface area contributed by atoms with Crippen LogP contribution in [0, 0.1) is 0 Å². The van der Waals surface area contributed by atoms with Crippen LogP contribution in [0.3, 0.4) is 0 Å². The number of nitrogens with zero attached hydrogens (tertiary/aromatic N) is 5. The maximum absolute atomic E-state index is 12.9. The summed E-state index contributed by atoms with van der Waals surface area (Å²) in [4.78, 5) is 59.7. The van der Waals surface area contributed by atoms with Gasteiger partial charge in [0.15, 0.2) is 5.65 Å². The van der Waals surface area contributed by atoms with Gasteiger partial charge in [-0.25, -0.2) is 14.6 Å². The van der Waals surface area contributed by atoms with Gasteiger partial charge in [0.05, 0.1) is 18.4 Å². The number of imide groups is 1. The predicted octanol–water partition coefficient (Wildman–Crippen LogP) is 1.56. The van der Waals surface area contributed by atoms with Crippen LogP contribution in [-0.4, -0.2) is 54.3 Å². The molecule has 11 nitrogen and oxygen atoms in total. The lowest BCUT2D eigenvalue weighted by Gasteiger charge is -2.29. The number of carbonyl (C=O) groups is 4. The largest absolute Gasteiger partial charge is 0.322 e. The fourth-order valence-electron chi connectivity index (χ4n) is 4.68. The summed E-state index contributed by atoms with van der Waals surface area (Å²) >= 11 is 0. The van der Waals surface area contributed by atoms with Crippen molar-refractivity contribution in [1.82, 2.24) is 30.0 Å². The number of benzene rings is 1. The number of hydrogen-bond donors (Lipinski definition) is 2. The van der Waals surface area contributed by atoms with Crippen molar-refractivity contribution in [3.63, 3.8) is 0 Å². The third kappa shape index (κ3) is 3.31. The molecule has 0 radical (unpaired) electrons. The minimum absolute atomic E-state index is 0.176. The molecule has 4 heterocycles. The number of hydrogen-bond acceptors (Lipinski definition) is 7. The lowest BCUT2D eigenvalue weighted by Crippen LogP contribution is -2.52. The van der Waals surface area contributed by atoms with Crippen molar-refractivity contribution in [1.29, 1.82) is 0 Å². The smallest absolute Gasteiger partial charge is 0.275 e. The van der Waals surface area contributed by atoms with Crippen LogP contribution in [0.2, 0.25) is 0 Å². The first-order chi connectivity index (χ1) is 16.5. The maximum atomic E-state index is 12.9. The maximum Gasteiger partial charge on any atom is 0.275 e. The van der Waals surface area contributed by atoms with Crippen molar-refractivity contribution in [2.45, 2.75) is 50.7 Å². The zero-order chi connectivity index (χ0) is 23.4. The van der Waals surface area contributed by atoms with E-state index in [2.05, 4.69) is 25.7 Å². The summed E-state index contributed by atoms with van der Waals surface area (Å²) in [5.41, 5.74) is 3.11. The van der Waals surface area contributed by atoms with E-state index in [0.29, 0.717) is 40.4 Å². The SMILES string of the molecule is O=C1CCC(N2Cc3cc(NC(=O)c4cnc5cnn(C6CCC6)c5n4)ccc3C2=O)C(=O)N1. The molecule has 1 aliphatic carbocycles. The summed E-state index contributed by atoms with van der Waals surface area (Å²) in [5.74, 6) is -1.46. The van der Waals surface area contributed by atoms with Crippen molar-refractivity contribution in [2.24, 2.45) is 0 Å². The van der Waals surface area contributed by atoms with E-state index < -0.39 is 17.9 Å². The van der Waals surface area contributed by atoms with Gasteiger partial charge in [-0.3, -0.25) is 24.5 Å². The molecule has 1 saturated carbocycles. The minimum Gasteiger partial charge on any atom is -0.322 e. The quantitative estimate of drug-likeness (QED) is 0.565. The van der Waals surface area contributed by atoms with Gasteiger partial charge in [0, 0.05) is 24.2 Å². The molecule has 0 spiro atoms. The van der Waals surface area contributed by atoms with Crippen molar-refractivity contribution >= 4 is 40.5 Å². The highest BCUT2D eigenvalue weighted by Crippen LogP contribution is 2.33. The van der Waals surface area contributed by atoms with Crippen molar-refractivity contribution < 1.29 is 19.2 Å². The monoisotopic (exact) mass is 459 g/mol. The van der Waals surface area contributed by atoms with Gasteiger partial charge in [-0.15, -0.1) is 0 Å². The normalized spacial score (nSPS) is 20.3. The average molecular weight is 459 g/mol. The molecule has 3 aromatic rings. The highest BCUT2D eigenvalue weighted by Gasteiger charge is 2.39. The third-order valence-electron chi connectivity index (χ3n) is 6.74. The Bertz CT molecular complexity index is 1380. The molecule has 4 amide bonds. The molecule has 2 aliphatic heterocycles. The number of fused-ring (bicyclic) bond motifs is 2. The first-order valence-corrected chi connectivity index (χ1v) is 11.3. The fourth-order valence-corrected chi connectivity index (χ4v) is 4.68. The van der Waals surface area contributed by atoms with Crippen LogP contribution < -0.4 is 10.6 Å². The Morgan fingerprint density at radius 1 is 1.12 bits per heavy atom. The van der Waals surface area contributed by atoms with Gasteiger partial charge in [0.1, 0.15) is 17.3 Å². The van der Waals surface area contributed by atoms with E-state index in [1.165, 1.54) is 11.1 Å². The van der Waals surface area contributed by atoms with Crippen LogP contribution in [0.25, 0.3) is 11.2 Å². The summed E-state index contributed by atoms with van der Waals surface area (Å²) in [6.45, 7) is 0.233. The van der Waals surface area contributed by atoms with E-state index in [0.717, 1.165) is 19.3 Å². The average Bonchev–Trinajstić information content (AvgIpc) is 3.33. The molecule has 1 saturated heterocycles. The molecule has 11 heteroatoms. The number of rotatable bonds is 4. The standard InChI is InChI=1S/C23H21N7O4/c31-19-7-6-18(22(33)28-19)29-11-12-8-13(4-5-15(12)23(29)34)26-21(32)17-9-24-16-10-25-30(20(16)27-17)14-2-1-3-14/h4-5,8-10,14,18H,1-3,6-7,11H2,(H,26,32)(H,28,31,33). The highest BCUT2D eigenvalue weighted by atomic mass is 16.2. The van der Waals surface area contributed by atoms with Crippen LogP contribution in [0.4, 0.5) is 5.69 Å². The molecule has 172 valence electrons. The Morgan fingerprint density at radius 3 is 2.74 bits per heavy atom. The summed E-state index contributed by atoms with van der Waals surface area (Å²) in [6, 6.07) is 4.62. The van der Waals surface area contributed by atoms with Crippen molar-refractivity contribution in [2.75, 3.05) is 5.32 Å². The molecule has 2 fully saturated rings. The predicted molar refractivity (Wildman–Crippen MR) is 119 cm³/mol. The summed E-state index contributed by atoms with van der Waals surface area (Å²) in [5, 5.41) is 9.49. The molecule has 34 heavy (non-hydrogen) atoms. The molecule has 1 aromatic carbocycles. The second kappa shape index (κ2) is 7.72. The summed E-state index contributed by atoms with van der Waals surface area (Å²) < 4.78 is 1.84.